The van der Waals surface area contributed by atoms with Gasteiger partial charge in [-0.2, -0.15) is 0 Å². The molecular weight excluding hydrogens is 200 g/mol. The second-order valence-electron chi connectivity index (χ2n) is 2.95. The molecule has 0 unspecified atom stereocenters. The lowest BCUT2D eigenvalue weighted by Crippen LogP contribution is -1.97. The van der Waals surface area contributed by atoms with Crippen LogP contribution in [-0.2, 0) is 0 Å². The summed E-state index contributed by atoms with van der Waals surface area (Å²) in [6, 6.07) is 5.42. The third-order valence-electron chi connectivity index (χ3n) is 1.98. The molecule has 0 radical (unpaired) electrons. The van der Waals surface area contributed by atoms with Crippen molar-refractivity contribution < 1.29 is 0 Å². The molecule has 4 nitrogen and oxygen atoms in total. The summed E-state index contributed by atoms with van der Waals surface area (Å²) in [7, 11) is 0. The van der Waals surface area contributed by atoms with E-state index in [2.05, 4.69) is 10.2 Å². The Hall–Kier alpha value is -1.55. The van der Waals surface area contributed by atoms with Crippen LogP contribution in [0.25, 0.3) is 5.69 Å². The summed E-state index contributed by atoms with van der Waals surface area (Å²) in [5, 5.41) is 8.23. The number of nitrogens with two attached hydrogens (primary N) is 1. The first-order valence-electron chi connectivity index (χ1n) is 4.10. The fraction of sp³-hybridized carbons (Fsp3) is 0.111. The molecule has 1 aromatic heterocycles. The van der Waals surface area contributed by atoms with Gasteiger partial charge in [-0.1, -0.05) is 11.6 Å². The van der Waals surface area contributed by atoms with Crippen molar-refractivity contribution in [3.63, 3.8) is 0 Å². The van der Waals surface area contributed by atoms with Gasteiger partial charge in [0.15, 0.2) is 0 Å². The van der Waals surface area contributed by atoms with Crippen LogP contribution in [0.15, 0.2) is 24.5 Å². The van der Waals surface area contributed by atoms with Crippen molar-refractivity contribution in [3.05, 3.63) is 35.4 Å². The largest absolute Gasteiger partial charge is 0.397 e. The number of aromatic nitrogens is 3. The number of hydrogen-bond donors (Lipinski definition) is 1. The third-order valence-corrected chi connectivity index (χ3v) is 2.32. The van der Waals surface area contributed by atoms with Gasteiger partial charge < -0.3 is 5.73 Å². The molecule has 0 amide bonds. The van der Waals surface area contributed by atoms with Gasteiger partial charge in [0, 0.05) is 0 Å². The number of hydrogen-bond acceptors (Lipinski definition) is 3. The van der Waals surface area contributed by atoms with Crippen molar-refractivity contribution in [1.82, 2.24) is 14.8 Å². The minimum absolute atomic E-state index is 0.553. The quantitative estimate of drug-likeness (QED) is 0.728. The van der Waals surface area contributed by atoms with Gasteiger partial charge in [0.2, 0.25) is 0 Å². The van der Waals surface area contributed by atoms with Crippen LogP contribution in [0.3, 0.4) is 0 Å². The van der Waals surface area contributed by atoms with E-state index in [1.807, 2.05) is 17.6 Å². The zero-order valence-corrected chi connectivity index (χ0v) is 8.36. The van der Waals surface area contributed by atoms with Gasteiger partial charge in [-0.25, -0.2) is 0 Å². The molecule has 14 heavy (non-hydrogen) atoms. The molecule has 1 heterocycles. The number of benzene rings is 1. The van der Waals surface area contributed by atoms with Crippen LogP contribution < -0.4 is 5.73 Å². The number of nitrogen functional groups attached to an aromatic ring is 1. The van der Waals surface area contributed by atoms with Crippen molar-refractivity contribution in [3.8, 4) is 5.69 Å². The van der Waals surface area contributed by atoms with E-state index < -0.39 is 0 Å². The van der Waals surface area contributed by atoms with Crippen LogP contribution in [0.1, 0.15) is 5.82 Å². The van der Waals surface area contributed by atoms with E-state index in [0.717, 1.165) is 11.5 Å². The van der Waals surface area contributed by atoms with Crippen molar-refractivity contribution >= 4 is 17.3 Å². The van der Waals surface area contributed by atoms with E-state index in [-0.39, 0.29) is 0 Å². The van der Waals surface area contributed by atoms with Gasteiger partial charge in [-0.15, -0.1) is 10.2 Å². The Balaban J connectivity index is 2.53. The van der Waals surface area contributed by atoms with Crippen molar-refractivity contribution in [2.75, 3.05) is 5.73 Å². The molecule has 0 atom stereocenters. The maximum Gasteiger partial charge on any atom is 0.134 e. The first-order chi connectivity index (χ1) is 6.68. The Morgan fingerprint density at radius 2 is 2.21 bits per heavy atom. The highest BCUT2D eigenvalue weighted by Gasteiger charge is 2.03. The molecule has 5 heteroatoms. The van der Waals surface area contributed by atoms with Gasteiger partial charge in [0.25, 0.3) is 0 Å². The van der Waals surface area contributed by atoms with Crippen LogP contribution in [0.5, 0.6) is 0 Å². The second kappa shape index (κ2) is 3.31. The van der Waals surface area contributed by atoms with Gasteiger partial charge in [0.05, 0.1) is 16.4 Å². The average molecular weight is 209 g/mol. The number of anilines is 1. The molecule has 0 bridgehead atoms. The van der Waals surface area contributed by atoms with Crippen molar-refractivity contribution in [1.29, 1.82) is 0 Å². The molecule has 0 saturated carbocycles. The summed E-state index contributed by atoms with van der Waals surface area (Å²) < 4.78 is 1.84. The fourth-order valence-electron chi connectivity index (χ4n) is 1.23. The second-order valence-corrected chi connectivity index (χ2v) is 3.36. The Morgan fingerprint density at radius 3 is 2.79 bits per heavy atom. The Kier molecular flexibility index (Phi) is 2.13. The van der Waals surface area contributed by atoms with E-state index in [1.165, 1.54) is 0 Å². The smallest absolute Gasteiger partial charge is 0.134 e. The highest BCUT2D eigenvalue weighted by atomic mass is 35.5. The minimum Gasteiger partial charge on any atom is -0.397 e. The van der Waals surface area contributed by atoms with Crippen molar-refractivity contribution in [2.24, 2.45) is 0 Å². The highest BCUT2D eigenvalue weighted by molar-refractivity contribution is 6.33. The summed E-state index contributed by atoms with van der Waals surface area (Å²) in [5.74, 6) is 0.812. The standard InChI is InChI=1S/C9H9ClN4/c1-6-13-12-5-14(6)7-2-3-8(10)9(11)4-7/h2-5H,11H2,1H3. The molecule has 72 valence electrons. The zero-order chi connectivity index (χ0) is 10.1. The van der Waals surface area contributed by atoms with E-state index in [0.29, 0.717) is 10.7 Å². The molecule has 0 spiro atoms. The molecule has 0 aliphatic carbocycles. The molecule has 0 aliphatic heterocycles. The normalized spacial score (nSPS) is 10.4. The van der Waals surface area contributed by atoms with Gasteiger partial charge >= 0.3 is 0 Å². The van der Waals surface area contributed by atoms with Crippen molar-refractivity contribution in [2.45, 2.75) is 6.92 Å². The monoisotopic (exact) mass is 208 g/mol. The Morgan fingerprint density at radius 1 is 1.43 bits per heavy atom. The van der Waals surface area contributed by atoms with Crippen LogP contribution in [0, 0.1) is 6.92 Å². The lowest BCUT2D eigenvalue weighted by Gasteiger charge is -2.05. The summed E-state index contributed by atoms with van der Waals surface area (Å²) in [5.41, 5.74) is 7.16. The predicted molar refractivity (Wildman–Crippen MR) is 55.5 cm³/mol. The average Bonchev–Trinajstić information content (AvgIpc) is 2.57. The van der Waals surface area contributed by atoms with Crippen LogP contribution in [-0.4, -0.2) is 14.8 Å². The minimum atomic E-state index is 0.553. The topological polar surface area (TPSA) is 56.7 Å². The number of rotatable bonds is 1. The van der Waals surface area contributed by atoms with Crippen LogP contribution in [0.2, 0.25) is 5.02 Å². The van der Waals surface area contributed by atoms with Gasteiger partial charge in [-0.05, 0) is 25.1 Å². The number of aryl methyl sites for hydroxylation is 1. The lowest BCUT2D eigenvalue weighted by molar-refractivity contribution is 0.970. The Labute approximate surface area is 86.3 Å². The van der Waals surface area contributed by atoms with Crippen LogP contribution in [0.4, 0.5) is 5.69 Å². The van der Waals surface area contributed by atoms with Crippen LogP contribution >= 0.6 is 11.6 Å². The molecule has 2 N–H and O–H groups in total. The molecule has 2 aromatic rings. The summed E-state index contributed by atoms with van der Waals surface area (Å²) in [4.78, 5) is 0. The first kappa shape index (κ1) is 9.02. The summed E-state index contributed by atoms with van der Waals surface area (Å²) >= 11 is 5.82. The van der Waals surface area contributed by atoms with E-state index in [1.54, 1.807) is 18.5 Å². The number of halogens is 1. The van der Waals surface area contributed by atoms with E-state index >= 15 is 0 Å². The maximum atomic E-state index is 5.82. The highest BCUT2D eigenvalue weighted by Crippen LogP contribution is 2.21. The van der Waals surface area contributed by atoms with Gasteiger partial charge in [0.1, 0.15) is 12.2 Å². The molecule has 2 rings (SSSR count). The lowest BCUT2D eigenvalue weighted by atomic mass is 10.3. The Bertz CT molecular complexity index is 464. The molecule has 1 aromatic carbocycles. The SMILES string of the molecule is Cc1nncn1-c1ccc(Cl)c(N)c1. The molecule has 0 fully saturated rings. The zero-order valence-electron chi connectivity index (χ0n) is 7.61. The van der Waals surface area contributed by atoms with E-state index in [9.17, 15) is 0 Å². The third kappa shape index (κ3) is 1.44. The van der Waals surface area contributed by atoms with Gasteiger partial charge in [-0.3, -0.25) is 4.57 Å². The fourth-order valence-corrected chi connectivity index (χ4v) is 1.34. The summed E-state index contributed by atoms with van der Waals surface area (Å²) in [6.07, 6.45) is 1.64. The predicted octanol–water partition coefficient (Wildman–Crippen LogP) is 1.81. The molecular formula is C9H9ClN4. The number of nitrogens with zero attached hydrogens (tertiary/aromatic N) is 3. The first-order valence-corrected chi connectivity index (χ1v) is 4.48. The van der Waals surface area contributed by atoms with E-state index in [4.69, 9.17) is 17.3 Å². The molecule has 0 saturated heterocycles. The molecule has 0 aliphatic rings. The maximum absolute atomic E-state index is 5.82. The summed E-state index contributed by atoms with van der Waals surface area (Å²) in [6.45, 7) is 1.87.